The van der Waals surface area contributed by atoms with Crippen LogP contribution in [0.25, 0.3) is 5.69 Å². The van der Waals surface area contributed by atoms with E-state index in [0.717, 1.165) is 20.3 Å². The molecule has 0 aromatic heterocycles. The number of rotatable bonds is 6. The van der Waals surface area contributed by atoms with Crippen LogP contribution < -0.4 is 10.4 Å². The number of sulfonamides is 1. The Morgan fingerprint density at radius 2 is 1.59 bits per heavy atom. The first-order valence-corrected chi connectivity index (χ1v) is 14.1. The Labute approximate surface area is 208 Å². The van der Waals surface area contributed by atoms with Gasteiger partial charge in [-0.25, -0.2) is 13.2 Å². The molecule has 0 saturated carbocycles. The summed E-state index contributed by atoms with van der Waals surface area (Å²) in [5.41, 5.74) is 6.62. The van der Waals surface area contributed by atoms with Gasteiger partial charge in [-0.3, -0.25) is 9.29 Å². The van der Waals surface area contributed by atoms with Crippen molar-refractivity contribution >= 4 is 38.9 Å². The van der Waals surface area contributed by atoms with Gasteiger partial charge in [-0.2, -0.15) is 4.98 Å². The molecule has 0 amide bonds. The van der Waals surface area contributed by atoms with Crippen LogP contribution >= 0.6 is 23.1 Å². The summed E-state index contributed by atoms with van der Waals surface area (Å²) >= 11 is 3.14. The molecule has 2 aliphatic rings. The Morgan fingerprint density at radius 1 is 0.971 bits per heavy atom. The lowest BCUT2D eigenvalue weighted by molar-refractivity contribution is 0.601. The molecular weight excluding hydrogens is 486 g/mol. The van der Waals surface area contributed by atoms with E-state index in [1.54, 1.807) is 47.4 Å². The first kappa shape index (κ1) is 24.5. The number of thioether (sulfide) groups is 1. The number of aromatic nitrogens is 2. The Kier molecular flexibility index (Phi) is 6.63. The molecule has 0 spiro atoms. The summed E-state index contributed by atoms with van der Waals surface area (Å²) in [6, 6.07) is 10.9. The number of benzene rings is 2. The Bertz CT molecular complexity index is 1490. The van der Waals surface area contributed by atoms with E-state index in [1.165, 1.54) is 26.8 Å². The topological polar surface area (TPSA) is 81.1 Å². The fourth-order valence-corrected chi connectivity index (χ4v) is 7.62. The minimum Gasteiger partial charge on any atom is -0.261 e. The number of nitrogens with one attached hydrogen (secondary N) is 1. The minimum absolute atomic E-state index is 0.0600. The van der Waals surface area contributed by atoms with Gasteiger partial charge in [0, 0.05) is 16.3 Å². The van der Waals surface area contributed by atoms with E-state index in [4.69, 9.17) is 0 Å². The van der Waals surface area contributed by atoms with Crippen molar-refractivity contribution in [2.45, 2.75) is 56.4 Å². The van der Waals surface area contributed by atoms with Crippen molar-refractivity contribution in [2.75, 3.05) is 4.72 Å². The van der Waals surface area contributed by atoms with Crippen LogP contribution in [0.4, 0.5) is 5.82 Å². The molecule has 34 heavy (non-hydrogen) atoms. The van der Waals surface area contributed by atoms with Gasteiger partial charge >= 0.3 is 5.69 Å². The molecule has 2 aliphatic heterocycles. The van der Waals surface area contributed by atoms with Crippen molar-refractivity contribution in [1.82, 2.24) is 9.55 Å². The normalized spacial score (nSPS) is 11.8. The summed E-state index contributed by atoms with van der Waals surface area (Å²) in [6.45, 7) is 12.0. The lowest BCUT2D eigenvalue weighted by atomic mass is 10.0. The maximum absolute atomic E-state index is 13.1. The Morgan fingerprint density at radius 3 is 2.21 bits per heavy atom. The number of imidazole rings is 1. The largest absolute Gasteiger partial charge is 0.354 e. The monoisotopic (exact) mass is 513 g/mol. The van der Waals surface area contributed by atoms with Gasteiger partial charge in [0.2, 0.25) is 0 Å². The molecule has 0 saturated heterocycles. The molecule has 6 nitrogen and oxygen atoms in total. The van der Waals surface area contributed by atoms with Gasteiger partial charge in [0.15, 0.2) is 5.82 Å². The van der Waals surface area contributed by atoms with Gasteiger partial charge in [-0.05, 0) is 70.4 Å². The van der Waals surface area contributed by atoms with Crippen LogP contribution in [0, 0.1) is 41.5 Å². The van der Waals surface area contributed by atoms with Gasteiger partial charge in [-0.15, -0.1) is 23.1 Å². The lowest BCUT2D eigenvalue weighted by Gasteiger charge is -2.17. The molecule has 2 heterocycles. The zero-order chi connectivity index (χ0) is 24.8. The smallest absolute Gasteiger partial charge is 0.261 e. The molecule has 0 bridgehead atoms. The van der Waals surface area contributed by atoms with Crippen LogP contribution in [0.15, 0.2) is 50.3 Å². The second-order valence-corrected chi connectivity index (χ2v) is 12.7. The van der Waals surface area contributed by atoms with Crippen LogP contribution in [0.2, 0.25) is 0 Å². The molecule has 0 atom stereocenters. The molecule has 1 N–H and O–H groups in total. The lowest BCUT2D eigenvalue weighted by Crippen LogP contribution is -2.17. The van der Waals surface area contributed by atoms with Crippen molar-refractivity contribution in [3.63, 3.8) is 0 Å². The standard InChI is InChI=1S/C25H27N3O3S3/c1-14-7-9-20(10-8-14)34(30,31)27-23-22-24(33-19(6)18(5)28(22)25(29)26-23)32-13-21-16(3)11-15(2)12-17(21)4/h7-12H,13H2,1-6H3,(H,26,27,29). The Balaban J connectivity index is 1.78. The summed E-state index contributed by atoms with van der Waals surface area (Å²) in [5, 5.41) is 0. The van der Waals surface area contributed by atoms with Crippen molar-refractivity contribution in [2.24, 2.45) is 0 Å². The quantitative estimate of drug-likeness (QED) is 0.336. The van der Waals surface area contributed by atoms with Gasteiger partial charge in [0.05, 0.1) is 9.10 Å². The predicted molar refractivity (Wildman–Crippen MR) is 141 cm³/mol. The number of nitrogens with zero attached hydrogens (tertiary/aromatic N) is 2. The van der Waals surface area contributed by atoms with E-state index < -0.39 is 15.7 Å². The van der Waals surface area contributed by atoms with Gasteiger partial charge in [0.25, 0.3) is 10.0 Å². The van der Waals surface area contributed by atoms with Gasteiger partial charge in [0.1, 0.15) is 5.69 Å². The zero-order valence-electron chi connectivity index (χ0n) is 20.0. The van der Waals surface area contributed by atoms with Crippen LogP contribution in [-0.4, -0.2) is 18.0 Å². The Hall–Kier alpha value is -2.62. The number of hydrogen-bond donors (Lipinski definition) is 1. The average Bonchev–Trinajstić information content (AvgIpc) is 3.06. The van der Waals surface area contributed by atoms with E-state index >= 15 is 0 Å². The van der Waals surface area contributed by atoms with Crippen LogP contribution in [0.5, 0.6) is 0 Å². The highest BCUT2D eigenvalue weighted by Crippen LogP contribution is 2.40. The highest BCUT2D eigenvalue weighted by Gasteiger charge is 2.27. The van der Waals surface area contributed by atoms with Crippen molar-refractivity contribution in [1.29, 1.82) is 0 Å². The van der Waals surface area contributed by atoms with Crippen LogP contribution in [0.1, 0.15) is 38.4 Å². The molecule has 0 unspecified atom stereocenters. The number of anilines is 1. The second-order valence-electron chi connectivity index (χ2n) is 8.54. The third kappa shape index (κ3) is 4.64. The van der Waals surface area contributed by atoms with Crippen molar-refractivity contribution < 1.29 is 8.42 Å². The first-order valence-electron chi connectivity index (χ1n) is 10.8. The summed E-state index contributed by atoms with van der Waals surface area (Å²) < 4.78 is 31.1. The molecule has 2 aromatic carbocycles. The molecule has 9 heteroatoms. The highest BCUT2D eigenvalue weighted by molar-refractivity contribution is 8.00. The predicted octanol–water partition coefficient (Wildman–Crippen LogP) is 5.68. The van der Waals surface area contributed by atoms with Gasteiger partial charge in [-0.1, -0.05) is 35.4 Å². The van der Waals surface area contributed by atoms with Gasteiger partial charge < -0.3 is 0 Å². The van der Waals surface area contributed by atoms with E-state index in [9.17, 15) is 13.2 Å². The third-order valence-corrected chi connectivity index (χ3v) is 9.71. The fraction of sp³-hybridized carbons (Fsp3) is 0.280. The molecule has 0 fully saturated rings. The molecule has 0 radical (unpaired) electrons. The number of hydrogen-bond acceptors (Lipinski definition) is 6. The maximum Gasteiger partial charge on any atom is 0.354 e. The van der Waals surface area contributed by atoms with Crippen molar-refractivity contribution in [3.8, 4) is 5.69 Å². The summed E-state index contributed by atoms with van der Waals surface area (Å²) in [4.78, 5) is 18.0. The molecule has 0 aliphatic carbocycles. The van der Waals surface area contributed by atoms with E-state index in [0.29, 0.717) is 11.4 Å². The first-order chi connectivity index (χ1) is 16.0. The summed E-state index contributed by atoms with van der Waals surface area (Å²) in [6.07, 6.45) is 0. The van der Waals surface area contributed by atoms with E-state index in [-0.39, 0.29) is 10.7 Å². The van der Waals surface area contributed by atoms with Crippen molar-refractivity contribution in [3.05, 3.63) is 85.3 Å². The number of fused-ring (bicyclic) bond motifs is 1. The fourth-order valence-electron chi connectivity index (χ4n) is 3.97. The second kappa shape index (κ2) is 9.20. The third-order valence-electron chi connectivity index (χ3n) is 5.88. The molecule has 178 valence electrons. The van der Waals surface area contributed by atoms with Crippen LogP contribution in [-0.2, 0) is 15.8 Å². The average molecular weight is 514 g/mol. The zero-order valence-corrected chi connectivity index (χ0v) is 22.5. The maximum atomic E-state index is 13.1. The molecule has 4 rings (SSSR count). The number of aryl methyl sites for hydroxylation is 5. The van der Waals surface area contributed by atoms with E-state index in [1.807, 2.05) is 20.8 Å². The van der Waals surface area contributed by atoms with E-state index in [2.05, 4.69) is 42.6 Å². The molecule has 2 aromatic rings. The minimum atomic E-state index is -3.90. The van der Waals surface area contributed by atoms with Crippen LogP contribution in [0.3, 0.4) is 0 Å². The highest BCUT2D eigenvalue weighted by atomic mass is 32.2. The SMILES string of the molecule is Cc1ccc(S(=O)(=O)Nc2nc(=O)n3c(C)c(C)sc(SCc4c(C)cc(C)cc4C)c2-3)cc1. The molecular formula is C25H27N3O3S3. The summed E-state index contributed by atoms with van der Waals surface area (Å²) in [5.74, 6) is 0.764. The summed E-state index contributed by atoms with van der Waals surface area (Å²) in [7, 11) is -3.90.